The van der Waals surface area contributed by atoms with Crippen molar-refractivity contribution in [2.45, 2.75) is 117 Å². The third-order valence-electron chi connectivity index (χ3n) is 11.9. The Labute approximate surface area is 308 Å². The molecule has 1 saturated heterocycles. The second-order valence-corrected chi connectivity index (χ2v) is 16.9. The van der Waals surface area contributed by atoms with Crippen LogP contribution in [0.2, 0.25) is 0 Å². The predicted molar refractivity (Wildman–Crippen MR) is 198 cm³/mol. The Balaban J connectivity index is 1.33. The number of carbonyl (C=O) groups excluding carboxylic acids is 6. The van der Waals surface area contributed by atoms with Gasteiger partial charge in [0.25, 0.3) is 11.8 Å². The number of hydrogen-bond acceptors (Lipinski definition) is 6. The molecule has 1 aromatic carbocycles. The first-order chi connectivity index (χ1) is 24.6. The summed E-state index contributed by atoms with van der Waals surface area (Å²) in [5.74, 6) is -2.47. The van der Waals surface area contributed by atoms with E-state index in [9.17, 15) is 28.8 Å². The molecule has 2 aliphatic heterocycles. The number of likely N-dealkylation sites (tertiary alicyclic amines) is 1. The van der Waals surface area contributed by atoms with Crippen LogP contribution in [0.1, 0.15) is 102 Å². The third kappa shape index (κ3) is 8.20. The lowest BCUT2D eigenvalue weighted by Crippen LogP contribution is -2.61. The van der Waals surface area contributed by atoms with E-state index in [2.05, 4.69) is 41.7 Å². The molecule has 1 aromatic rings. The Morgan fingerprint density at radius 3 is 2.35 bits per heavy atom. The zero-order valence-corrected chi connectivity index (χ0v) is 31.8. The lowest BCUT2D eigenvalue weighted by atomic mass is 9.83. The lowest BCUT2D eigenvalue weighted by Gasteiger charge is -2.38. The molecular formula is C40H58N6O6. The van der Waals surface area contributed by atoms with Crippen molar-refractivity contribution < 1.29 is 28.8 Å². The molecule has 2 aliphatic carbocycles. The Kier molecular flexibility index (Phi) is 11.8. The summed E-state index contributed by atoms with van der Waals surface area (Å²) >= 11 is 0. The zero-order chi connectivity index (χ0) is 38.0. The van der Waals surface area contributed by atoms with Crippen LogP contribution in [0.4, 0.5) is 4.79 Å². The van der Waals surface area contributed by atoms with Crippen molar-refractivity contribution in [3.63, 3.8) is 0 Å². The fourth-order valence-corrected chi connectivity index (χ4v) is 8.63. The van der Waals surface area contributed by atoms with Crippen LogP contribution >= 0.6 is 0 Å². The van der Waals surface area contributed by atoms with Crippen LogP contribution in [0.15, 0.2) is 36.9 Å². The van der Waals surface area contributed by atoms with E-state index in [4.69, 9.17) is 0 Å². The highest BCUT2D eigenvalue weighted by Gasteiger charge is 2.69. The van der Waals surface area contributed by atoms with Gasteiger partial charge in [0, 0.05) is 31.7 Å². The first kappa shape index (κ1) is 39.0. The quantitative estimate of drug-likeness (QED) is 0.169. The Bertz CT molecular complexity index is 1560. The van der Waals surface area contributed by atoms with E-state index in [1.54, 1.807) is 9.80 Å². The molecule has 6 amide bonds. The van der Waals surface area contributed by atoms with Gasteiger partial charge in [0.05, 0.1) is 12.1 Å². The van der Waals surface area contributed by atoms with Crippen molar-refractivity contribution in [2.75, 3.05) is 19.6 Å². The molecule has 3 fully saturated rings. The summed E-state index contributed by atoms with van der Waals surface area (Å²) in [5.41, 5.74) is 1.05. The fourth-order valence-electron chi connectivity index (χ4n) is 8.63. The van der Waals surface area contributed by atoms with Crippen LogP contribution in [0.5, 0.6) is 0 Å². The van der Waals surface area contributed by atoms with Crippen molar-refractivity contribution in [1.82, 2.24) is 31.1 Å². The number of hydrogen-bond donors (Lipinski definition) is 4. The Morgan fingerprint density at radius 1 is 1.02 bits per heavy atom. The molecule has 1 unspecified atom stereocenters. The molecule has 2 heterocycles. The van der Waals surface area contributed by atoms with Gasteiger partial charge in [0.2, 0.25) is 17.6 Å². The summed E-state index contributed by atoms with van der Waals surface area (Å²) in [5, 5.41) is 11.5. The molecule has 0 aromatic heterocycles. The van der Waals surface area contributed by atoms with E-state index < -0.39 is 53.2 Å². The minimum atomic E-state index is -1.03. The lowest BCUT2D eigenvalue weighted by molar-refractivity contribution is -0.144. The summed E-state index contributed by atoms with van der Waals surface area (Å²) in [4.78, 5) is 84.9. The zero-order valence-electron chi connectivity index (χ0n) is 31.8. The number of fused-ring (bicyclic) bond motifs is 2. The molecule has 0 radical (unpaired) electrons. The summed E-state index contributed by atoms with van der Waals surface area (Å²) in [7, 11) is 0. The smallest absolute Gasteiger partial charge is 0.315 e. The van der Waals surface area contributed by atoms with Gasteiger partial charge < -0.3 is 31.1 Å². The highest BCUT2D eigenvalue weighted by molar-refractivity contribution is 6.38. The van der Waals surface area contributed by atoms with Crippen molar-refractivity contribution >= 4 is 35.4 Å². The third-order valence-corrected chi connectivity index (χ3v) is 11.9. The van der Waals surface area contributed by atoms with Crippen LogP contribution < -0.4 is 21.3 Å². The number of carbonyl (C=O) groups is 6. The van der Waals surface area contributed by atoms with Crippen molar-refractivity contribution in [3.8, 4) is 0 Å². The number of ketones is 1. The van der Waals surface area contributed by atoms with E-state index >= 15 is 0 Å². The van der Waals surface area contributed by atoms with E-state index in [0.29, 0.717) is 31.6 Å². The molecule has 5 rings (SSSR count). The number of nitrogens with zero attached hydrogens (tertiary/aromatic N) is 2. The Morgan fingerprint density at radius 2 is 1.71 bits per heavy atom. The molecule has 0 bridgehead atoms. The largest absolute Gasteiger partial charge is 0.346 e. The van der Waals surface area contributed by atoms with Gasteiger partial charge >= 0.3 is 6.03 Å². The van der Waals surface area contributed by atoms with Crippen LogP contribution in [0.3, 0.4) is 0 Å². The van der Waals surface area contributed by atoms with E-state index in [-0.39, 0.29) is 47.9 Å². The van der Waals surface area contributed by atoms with Gasteiger partial charge in [-0.3, -0.25) is 24.0 Å². The molecule has 4 N–H and O–H groups in total. The SMILES string of the molecule is C=CCNC(=O)C(=O)C(CCC)NC(=O)[C@@H]1[C@@H]2[C@H](CN1C(=O)[C@@H](NC(=O)N[C@H](CN1Cc3ccccc3C1=O)C(C)(C)C)C1CCCCC1)C2(C)C. The van der Waals surface area contributed by atoms with Crippen molar-refractivity contribution in [2.24, 2.45) is 28.6 Å². The number of rotatable bonds is 14. The Hall–Kier alpha value is -4.22. The number of benzene rings is 1. The normalized spacial score (nSPS) is 23.8. The van der Waals surface area contributed by atoms with Gasteiger partial charge in [-0.2, -0.15) is 0 Å². The maximum absolute atomic E-state index is 14.7. The molecule has 6 atom stereocenters. The number of Topliss-reactive ketones (excluding diaryl/α,β-unsaturated/α-hetero) is 1. The van der Waals surface area contributed by atoms with Crippen LogP contribution in [-0.2, 0) is 25.7 Å². The second-order valence-electron chi connectivity index (χ2n) is 16.9. The molecule has 4 aliphatic rings. The molecule has 12 nitrogen and oxygen atoms in total. The number of nitrogens with one attached hydrogen (secondary N) is 4. The topological polar surface area (TPSA) is 157 Å². The molecule has 12 heteroatoms. The first-order valence-corrected chi connectivity index (χ1v) is 19.1. The van der Waals surface area contributed by atoms with Crippen LogP contribution in [0, 0.1) is 28.6 Å². The van der Waals surface area contributed by atoms with Crippen LogP contribution in [-0.4, -0.2) is 89.0 Å². The van der Waals surface area contributed by atoms with Crippen LogP contribution in [0.25, 0.3) is 0 Å². The van der Waals surface area contributed by atoms with Gasteiger partial charge in [-0.25, -0.2) is 4.79 Å². The molecular weight excluding hydrogens is 660 g/mol. The minimum Gasteiger partial charge on any atom is -0.346 e. The maximum Gasteiger partial charge on any atom is 0.315 e. The standard InChI is InChI=1S/C40H58N6O6/c1-8-15-28(33(47)35(49)41-20-9-2)42-34(48)32-30-27(40(30,6)7)22-46(32)37(51)31(24-16-11-10-12-17-24)44-38(52)43-29(39(3,4)5)23-45-21-25-18-13-14-19-26(25)36(45)50/h9,13-14,18-19,24,27-32H,2,8,10-12,15-17,20-23H2,1,3-7H3,(H,41,49)(H,42,48)(H2,43,44,52)/t27-,28?,29+,30-,31-,32-/m0/s1. The summed E-state index contributed by atoms with van der Waals surface area (Å²) in [6.07, 6.45) is 6.81. The second kappa shape index (κ2) is 15.8. The minimum absolute atomic E-state index is 0.0672. The highest BCUT2D eigenvalue weighted by atomic mass is 16.2. The summed E-state index contributed by atoms with van der Waals surface area (Å²) in [6.45, 7) is 16.9. The van der Waals surface area contributed by atoms with Gasteiger partial charge in [0.15, 0.2) is 0 Å². The van der Waals surface area contributed by atoms with Gasteiger partial charge in [-0.15, -0.1) is 6.58 Å². The van der Waals surface area contributed by atoms with Crippen molar-refractivity contribution in [3.05, 3.63) is 48.0 Å². The van der Waals surface area contributed by atoms with Gasteiger partial charge in [0.1, 0.15) is 12.1 Å². The maximum atomic E-state index is 14.7. The monoisotopic (exact) mass is 718 g/mol. The average molecular weight is 719 g/mol. The molecule has 284 valence electrons. The number of piperidine rings is 1. The summed E-state index contributed by atoms with van der Waals surface area (Å²) < 4.78 is 0. The van der Waals surface area contributed by atoms with E-state index in [1.165, 1.54) is 6.08 Å². The summed E-state index contributed by atoms with van der Waals surface area (Å²) in [6, 6.07) is 3.91. The predicted octanol–water partition coefficient (Wildman–Crippen LogP) is 3.94. The molecule has 52 heavy (non-hydrogen) atoms. The highest BCUT2D eigenvalue weighted by Crippen LogP contribution is 2.65. The number of amides is 6. The first-order valence-electron chi connectivity index (χ1n) is 19.1. The van der Waals surface area contributed by atoms with Crippen molar-refractivity contribution in [1.29, 1.82) is 0 Å². The number of urea groups is 1. The fraction of sp³-hybridized carbons (Fsp3) is 0.650. The van der Waals surface area contributed by atoms with E-state index in [0.717, 1.165) is 37.7 Å². The molecule has 0 spiro atoms. The van der Waals surface area contributed by atoms with Gasteiger partial charge in [-0.1, -0.05) is 91.5 Å². The molecule has 2 saturated carbocycles. The van der Waals surface area contributed by atoms with Gasteiger partial charge in [-0.05, 0) is 59.5 Å². The average Bonchev–Trinajstić information content (AvgIpc) is 3.38. The van der Waals surface area contributed by atoms with E-state index in [1.807, 2.05) is 52.0 Å².